The van der Waals surface area contributed by atoms with E-state index in [2.05, 4.69) is 5.32 Å². The van der Waals surface area contributed by atoms with Crippen molar-refractivity contribution in [3.05, 3.63) is 27.9 Å². The first-order valence-electron chi connectivity index (χ1n) is 11.2. The normalized spacial score (nSPS) is 19.8. The van der Waals surface area contributed by atoms with Crippen LogP contribution < -0.4 is 10.2 Å². The number of hydrogen-bond acceptors (Lipinski definition) is 5. The number of amides is 1. The Kier molecular flexibility index (Phi) is 6.55. The first kappa shape index (κ1) is 22.5. The van der Waals surface area contributed by atoms with Crippen molar-refractivity contribution in [1.82, 2.24) is 14.2 Å². The Morgan fingerprint density at radius 2 is 1.77 bits per heavy atom. The number of carbonyl (C=O) groups excluding carboxylic acids is 1. The van der Waals surface area contributed by atoms with Gasteiger partial charge >= 0.3 is 4.87 Å². The lowest BCUT2D eigenvalue weighted by Gasteiger charge is -2.32. The van der Waals surface area contributed by atoms with E-state index in [1.807, 2.05) is 13.8 Å². The van der Waals surface area contributed by atoms with Crippen molar-refractivity contribution in [2.75, 3.05) is 13.1 Å². The molecule has 2 aliphatic rings. The van der Waals surface area contributed by atoms with Crippen molar-refractivity contribution in [2.45, 2.75) is 75.8 Å². The summed E-state index contributed by atoms with van der Waals surface area (Å²) in [6, 6.07) is 5.22. The number of hydrogen-bond donors (Lipinski definition) is 1. The first-order valence-corrected chi connectivity index (χ1v) is 13.5. The van der Waals surface area contributed by atoms with Gasteiger partial charge in [0.15, 0.2) is 0 Å². The van der Waals surface area contributed by atoms with Crippen LogP contribution >= 0.6 is 11.3 Å². The second-order valence-corrected chi connectivity index (χ2v) is 11.9. The fourth-order valence-corrected chi connectivity index (χ4v) is 7.36. The molecule has 1 amide bonds. The fourth-order valence-electron chi connectivity index (χ4n) is 4.74. The van der Waals surface area contributed by atoms with E-state index in [9.17, 15) is 18.0 Å². The molecule has 0 atom stereocenters. The van der Waals surface area contributed by atoms with Gasteiger partial charge in [-0.15, -0.1) is 0 Å². The summed E-state index contributed by atoms with van der Waals surface area (Å²) >= 11 is 1.08. The molecule has 0 spiro atoms. The number of aromatic nitrogens is 1. The number of nitrogens with zero attached hydrogens (tertiary/aromatic N) is 2. The molecular formula is C22H31N3O4S2. The number of nitrogens with one attached hydrogen (secondary N) is 1. The van der Waals surface area contributed by atoms with Gasteiger partial charge in [0.25, 0.3) is 0 Å². The lowest BCUT2D eigenvalue weighted by molar-refractivity contribution is -0.127. The molecule has 1 aromatic carbocycles. The molecule has 0 bridgehead atoms. The van der Waals surface area contributed by atoms with Gasteiger partial charge in [-0.3, -0.25) is 14.2 Å². The van der Waals surface area contributed by atoms with Crippen LogP contribution in [0.3, 0.4) is 0 Å². The smallest absolute Gasteiger partial charge is 0.308 e. The summed E-state index contributed by atoms with van der Waals surface area (Å²) in [5.41, 5.74) is 0.766. The van der Waals surface area contributed by atoms with Crippen molar-refractivity contribution in [3.63, 3.8) is 0 Å². The molecule has 1 saturated heterocycles. The largest absolute Gasteiger partial charge is 0.353 e. The average molecular weight is 466 g/mol. The maximum Gasteiger partial charge on any atom is 0.308 e. The van der Waals surface area contributed by atoms with E-state index in [1.54, 1.807) is 22.8 Å². The maximum atomic E-state index is 13.2. The standard InChI is InChI=1S/C22H31N3O4S2/c1-15(2)25-19-9-8-18(14-20(19)30-22(25)27)31(28,29)24-12-10-16(11-13-24)21(26)23-17-6-4-3-5-7-17/h8-9,14-17H,3-7,10-13H2,1-2H3,(H,23,26). The Hall–Kier alpha value is -1.71. The molecule has 4 rings (SSSR count). The van der Waals surface area contributed by atoms with Crippen molar-refractivity contribution >= 4 is 37.5 Å². The molecular weight excluding hydrogens is 434 g/mol. The predicted molar refractivity (Wildman–Crippen MR) is 123 cm³/mol. The minimum atomic E-state index is -3.66. The van der Waals surface area contributed by atoms with E-state index in [0.717, 1.165) is 29.7 Å². The summed E-state index contributed by atoms with van der Waals surface area (Å²) in [6.07, 6.45) is 6.75. The molecule has 31 heavy (non-hydrogen) atoms. The Morgan fingerprint density at radius 1 is 1.10 bits per heavy atom. The van der Waals surface area contributed by atoms with Gasteiger partial charge in [-0.05, 0) is 57.7 Å². The van der Waals surface area contributed by atoms with E-state index >= 15 is 0 Å². The third-order valence-corrected chi connectivity index (χ3v) is 9.33. The zero-order valence-electron chi connectivity index (χ0n) is 18.2. The number of fused-ring (bicyclic) bond motifs is 1. The first-order chi connectivity index (χ1) is 14.8. The maximum absolute atomic E-state index is 13.2. The van der Waals surface area contributed by atoms with Gasteiger partial charge in [0.2, 0.25) is 15.9 Å². The second kappa shape index (κ2) is 9.03. The molecule has 1 aliphatic carbocycles. The van der Waals surface area contributed by atoms with E-state index in [4.69, 9.17) is 0 Å². The fraction of sp³-hybridized carbons (Fsp3) is 0.636. The topological polar surface area (TPSA) is 88.5 Å². The Bertz CT molecular complexity index is 1110. The van der Waals surface area contributed by atoms with Gasteiger partial charge in [0.1, 0.15) is 0 Å². The number of benzene rings is 1. The van der Waals surface area contributed by atoms with Crippen LogP contribution in [0.15, 0.2) is 27.9 Å². The van der Waals surface area contributed by atoms with Gasteiger partial charge in [-0.25, -0.2) is 8.42 Å². The van der Waals surface area contributed by atoms with Gasteiger partial charge in [-0.1, -0.05) is 30.6 Å². The minimum absolute atomic E-state index is 0.0162. The van der Waals surface area contributed by atoms with Gasteiger partial charge in [-0.2, -0.15) is 4.31 Å². The Labute approximate surface area is 187 Å². The SMILES string of the molecule is CC(C)n1c(=O)sc2cc(S(=O)(=O)N3CCC(C(=O)NC4CCCCC4)CC3)ccc21. The summed E-state index contributed by atoms with van der Waals surface area (Å²) in [6.45, 7) is 4.55. The highest BCUT2D eigenvalue weighted by Crippen LogP contribution is 2.28. The third-order valence-electron chi connectivity index (χ3n) is 6.52. The van der Waals surface area contributed by atoms with Crippen LogP contribution in [0.2, 0.25) is 0 Å². The molecule has 0 unspecified atom stereocenters. The summed E-state index contributed by atoms with van der Waals surface area (Å²) in [5, 5.41) is 3.17. The lowest BCUT2D eigenvalue weighted by Crippen LogP contribution is -2.45. The minimum Gasteiger partial charge on any atom is -0.353 e. The second-order valence-electron chi connectivity index (χ2n) is 8.98. The molecule has 7 nitrogen and oxygen atoms in total. The molecule has 170 valence electrons. The molecule has 1 N–H and O–H groups in total. The van der Waals surface area contributed by atoms with Crippen LogP contribution in [0.25, 0.3) is 10.2 Å². The highest BCUT2D eigenvalue weighted by Gasteiger charge is 2.33. The number of sulfonamides is 1. The summed E-state index contributed by atoms with van der Waals surface area (Å²) in [7, 11) is -3.66. The van der Waals surface area contributed by atoms with E-state index in [-0.39, 0.29) is 33.7 Å². The molecule has 9 heteroatoms. The van der Waals surface area contributed by atoms with Crippen molar-refractivity contribution in [1.29, 1.82) is 0 Å². The molecule has 2 fully saturated rings. The van der Waals surface area contributed by atoms with Gasteiger partial charge in [0, 0.05) is 31.1 Å². The molecule has 1 aliphatic heterocycles. The Morgan fingerprint density at radius 3 is 2.42 bits per heavy atom. The number of carbonyl (C=O) groups is 1. The molecule has 1 saturated carbocycles. The van der Waals surface area contributed by atoms with Crippen LogP contribution in [0, 0.1) is 5.92 Å². The van der Waals surface area contributed by atoms with Crippen LogP contribution in [0.5, 0.6) is 0 Å². The monoisotopic (exact) mass is 465 g/mol. The molecule has 1 aromatic heterocycles. The van der Waals surface area contributed by atoms with Crippen LogP contribution in [0.4, 0.5) is 0 Å². The van der Waals surface area contributed by atoms with E-state index in [0.29, 0.717) is 30.6 Å². The zero-order valence-corrected chi connectivity index (χ0v) is 19.8. The quantitative estimate of drug-likeness (QED) is 0.732. The van der Waals surface area contributed by atoms with Crippen molar-refractivity contribution < 1.29 is 13.2 Å². The van der Waals surface area contributed by atoms with Crippen LogP contribution in [-0.2, 0) is 14.8 Å². The van der Waals surface area contributed by atoms with Gasteiger partial charge in [0.05, 0.1) is 15.1 Å². The van der Waals surface area contributed by atoms with Crippen molar-refractivity contribution in [2.24, 2.45) is 5.92 Å². The van der Waals surface area contributed by atoms with Crippen LogP contribution in [0.1, 0.15) is 64.8 Å². The Balaban J connectivity index is 1.44. The zero-order chi connectivity index (χ0) is 22.2. The molecule has 2 heterocycles. The van der Waals surface area contributed by atoms with E-state index < -0.39 is 10.0 Å². The van der Waals surface area contributed by atoms with Crippen LogP contribution in [-0.4, -0.2) is 42.3 Å². The summed E-state index contributed by atoms with van der Waals surface area (Å²) in [5.74, 6) is -0.0497. The predicted octanol–water partition coefficient (Wildman–Crippen LogP) is 3.49. The van der Waals surface area contributed by atoms with E-state index in [1.165, 1.54) is 23.6 Å². The molecule has 0 radical (unpaired) electrons. The highest BCUT2D eigenvalue weighted by molar-refractivity contribution is 7.89. The lowest BCUT2D eigenvalue weighted by atomic mass is 9.93. The third kappa shape index (κ3) is 4.59. The summed E-state index contributed by atoms with van der Waals surface area (Å²) in [4.78, 5) is 25.0. The summed E-state index contributed by atoms with van der Waals surface area (Å²) < 4.78 is 30.2. The number of piperidine rings is 1. The average Bonchev–Trinajstić information content (AvgIpc) is 3.09. The highest BCUT2D eigenvalue weighted by atomic mass is 32.2. The van der Waals surface area contributed by atoms with Crippen molar-refractivity contribution in [3.8, 4) is 0 Å². The number of thiazole rings is 1. The van der Waals surface area contributed by atoms with Gasteiger partial charge < -0.3 is 5.32 Å². The number of rotatable bonds is 5. The molecule has 2 aromatic rings.